The number of urea groups is 1. The summed E-state index contributed by atoms with van der Waals surface area (Å²) in [5.41, 5.74) is 0.588. The van der Waals surface area contributed by atoms with Gasteiger partial charge in [-0.25, -0.2) is 18.0 Å². The maximum absolute atomic E-state index is 13.5. The summed E-state index contributed by atoms with van der Waals surface area (Å²) >= 11 is 1.60. The van der Waals surface area contributed by atoms with Gasteiger partial charge in [-0.15, -0.1) is 11.8 Å². The van der Waals surface area contributed by atoms with E-state index in [1.54, 1.807) is 17.8 Å². The minimum Gasteiger partial charge on any atom is -0.331 e. The van der Waals surface area contributed by atoms with Crippen LogP contribution in [-0.4, -0.2) is 11.8 Å². The molecule has 1 heterocycles. The van der Waals surface area contributed by atoms with Gasteiger partial charge in [0.2, 0.25) is 0 Å². The summed E-state index contributed by atoms with van der Waals surface area (Å²) in [6.07, 6.45) is 0.639. The first kappa shape index (κ1) is 15.7. The Morgan fingerprint density at radius 2 is 1.83 bits per heavy atom. The van der Waals surface area contributed by atoms with Crippen molar-refractivity contribution in [3.8, 4) is 0 Å². The number of hydrogen-bond acceptors (Lipinski definition) is 2. The first-order valence-electron chi connectivity index (χ1n) is 6.98. The summed E-state index contributed by atoms with van der Waals surface area (Å²) in [7, 11) is 0. The number of rotatable bonds is 2. The molecule has 1 atom stereocenters. The lowest BCUT2D eigenvalue weighted by Gasteiger charge is -2.26. The number of carbonyl (C=O) groups excluding carboxylic acids is 1. The van der Waals surface area contributed by atoms with Crippen LogP contribution in [0, 0.1) is 17.5 Å². The highest BCUT2D eigenvalue weighted by molar-refractivity contribution is 7.99. The quantitative estimate of drug-likeness (QED) is 0.849. The van der Waals surface area contributed by atoms with Gasteiger partial charge in [-0.3, -0.25) is 0 Å². The normalized spacial score (nSPS) is 16.6. The molecule has 7 heteroatoms. The second kappa shape index (κ2) is 6.54. The second-order valence-corrected chi connectivity index (χ2v) is 6.23. The first-order valence-corrected chi connectivity index (χ1v) is 7.96. The molecule has 0 unspecified atom stereocenters. The molecule has 2 amide bonds. The average molecular weight is 338 g/mol. The van der Waals surface area contributed by atoms with Crippen molar-refractivity contribution in [3.63, 3.8) is 0 Å². The largest absolute Gasteiger partial charge is 0.331 e. The third kappa shape index (κ3) is 3.61. The van der Waals surface area contributed by atoms with Crippen molar-refractivity contribution in [3.05, 3.63) is 59.4 Å². The molecular weight excluding hydrogens is 325 g/mol. The number of halogens is 3. The molecule has 1 aliphatic heterocycles. The molecule has 0 radical (unpaired) electrons. The standard InChI is InChI=1S/C16H13F3N2OS/c17-9-2-4-15-11(7-9)13(5-6-23-15)20-16(22)21-14-3-1-10(18)8-12(14)19/h1-4,7-8,13H,5-6H2,(H2,20,21,22)/t13-/m1/s1. The fourth-order valence-electron chi connectivity index (χ4n) is 2.42. The molecule has 0 fully saturated rings. The topological polar surface area (TPSA) is 41.1 Å². The van der Waals surface area contributed by atoms with Gasteiger partial charge >= 0.3 is 6.03 Å². The van der Waals surface area contributed by atoms with Gasteiger partial charge in [0.05, 0.1) is 11.7 Å². The SMILES string of the molecule is O=C(Nc1ccc(F)cc1F)N[C@@H]1CCSc2ccc(F)cc21. The van der Waals surface area contributed by atoms with Crippen LogP contribution in [0.2, 0.25) is 0 Å². The second-order valence-electron chi connectivity index (χ2n) is 5.09. The van der Waals surface area contributed by atoms with Crippen LogP contribution in [0.5, 0.6) is 0 Å². The summed E-state index contributed by atoms with van der Waals surface area (Å²) in [6.45, 7) is 0. The predicted molar refractivity (Wildman–Crippen MR) is 83.0 cm³/mol. The van der Waals surface area contributed by atoms with Crippen molar-refractivity contribution >= 4 is 23.5 Å². The third-order valence-corrected chi connectivity index (χ3v) is 4.62. The number of hydrogen-bond donors (Lipinski definition) is 2. The van der Waals surface area contributed by atoms with E-state index in [1.165, 1.54) is 12.1 Å². The van der Waals surface area contributed by atoms with Gasteiger partial charge in [-0.2, -0.15) is 0 Å². The van der Waals surface area contributed by atoms with Crippen molar-refractivity contribution in [2.75, 3.05) is 11.1 Å². The molecule has 0 saturated heterocycles. The highest BCUT2D eigenvalue weighted by Crippen LogP contribution is 2.36. The molecular formula is C16H13F3N2OS. The zero-order valence-corrected chi connectivity index (χ0v) is 12.7. The average Bonchev–Trinajstić information content (AvgIpc) is 2.51. The van der Waals surface area contributed by atoms with Crippen LogP contribution in [0.1, 0.15) is 18.0 Å². The molecule has 1 aliphatic rings. The number of benzene rings is 2. The molecule has 120 valence electrons. The van der Waals surface area contributed by atoms with Crippen molar-refractivity contribution in [1.82, 2.24) is 5.32 Å². The summed E-state index contributed by atoms with van der Waals surface area (Å²) in [5, 5.41) is 5.04. The molecule has 23 heavy (non-hydrogen) atoms. The number of anilines is 1. The van der Waals surface area contributed by atoms with Gasteiger partial charge in [0.15, 0.2) is 0 Å². The fraction of sp³-hybridized carbons (Fsp3) is 0.188. The van der Waals surface area contributed by atoms with Gasteiger partial charge in [0.1, 0.15) is 17.5 Å². The van der Waals surface area contributed by atoms with Gasteiger partial charge in [0.25, 0.3) is 0 Å². The minimum atomic E-state index is -0.856. The van der Waals surface area contributed by atoms with E-state index in [0.29, 0.717) is 18.1 Å². The molecule has 2 N–H and O–H groups in total. The van der Waals surface area contributed by atoms with E-state index in [1.807, 2.05) is 0 Å². The van der Waals surface area contributed by atoms with E-state index in [-0.39, 0.29) is 17.5 Å². The van der Waals surface area contributed by atoms with Crippen LogP contribution < -0.4 is 10.6 Å². The van der Waals surface area contributed by atoms with Crippen LogP contribution in [0.4, 0.5) is 23.7 Å². The van der Waals surface area contributed by atoms with Crippen LogP contribution in [0.3, 0.4) is 0 Å². The lowest BCUT2D eigenvalue weighted by molar-refractivity contribution is 0.248. The van der Waals surface area contributed by atoms with Gasteiger partial charge in [-0.1, -0.05) is 0 Å². The van der Waals surface area contributed by atoms with E-state index in [4.69, 9.17) is 0 Å². The van der Waals surface area contributed by atoms with Crippen molar-refractivity contribution in [1.29, 1.82) is 0 Å². The fourth-order valence-corrected chi connectivity index (χ4v) is 3.53. The lowest BCUT2D eigenvalue weighted by Crippen LogP contribution is -2.34. The summed E-state index contributed by atoms with van der Waals surface area (Å²) in [6, 6.07) is 6.37. The number of fused-ring (bicyclic) bond motifs is 1. The monoisotopic (exact) mass is 338 g/mol. The van der Waals surface area contributed by atoms with Gasteiger partial charge in [-0.05, 0) is 42.3 Å². The van der Waals surface area contributed by atoms with Crippen LogP contribution in [0.25, 0.3) is 0 Å². The van der Waals surface area contributed by atoms with Crippen LogP contribution in [-0.2, 0) is 0 Å². The van der Waals surface area contributed by atoms with E-state index >= 15 is 0 Å². The van der Waals surface area contributed by atoms with Crippen LogP contribution >= 0.6 is 11.8 Å². The van der Waals surface area contributed by atoms with Crippen molar-refractivity contribution < 1.29 is 18.0 Å². The Hall–Kier alpha value is -2.15. The van der Waals surface area contributed by atoms with E-state index in [2.05, 4.69) is 10.6 Å². The number of carbonyl (C=O) groups is 1. The Kier molecular flexibility index (Phi) is 4.47. The summed E-state index contributed by atoms with van der Waals surface area (Å²) in [5.74, 6) is -1.16. The Labute approximate surface area is 135 Å². The number of thioether (sulfide) groups is 1. The first-order chi connectivity index (χ1) is 11.0. The number of amides is 2. The molecule has 3 rings (SSSR count). The number of nitrogens with one attached hydrogen (secondary N) is 2. The van der Waals surface area contributed by atoms with E-state index < -0.39 is 17.7 Å². The van der Waals surface area contributed by atoms with E-state index in [0.717, 1.165) is 22.8 Å². The molecule has 2 aromatic carbocycles. The van der Waals surface area contributed by atoms with Gasteiger partial charge in [0, 0.05) is 16.7 Å². The van der Waals surface area contributed by atoms with Crippen molar-refractivity contribution in [2.24, 2.45) is 0 Å². The lowest BCUT2D eigenvalue weighted by atomic mass is 10.0. The van der Waals surface area contributed by atoms with E-state index in [9.17, 15) is 18.0 Å². The summed E-state index contributed by atoms with van der Waals surface area (Å²) in [4.78, 5) is 12.9. The molecule has 3 nitrogen and oxygen atoms in total. The smallest absolute Gasteiger partial charge is 0.319 e. The predicted octanol–water partition coefficient (Wildman–Crippen LogP) is 4.46. The van der Waals surface area contributed by atoms with Gasteiger partial charge < -0.3 is 10.6 Å². The zero-order valence-electron chi connectivity index (χ0n) is 11.9. The molecule has 0 aliphatic carbocycles. The Bertz CT molecular complexity index is 754. The Morgan fingerprint density at radius 3 is 2.61 bits per heavy atom. The Morgan fingerprint density at radius 1 is 1.09 bits per heavy atom. The van der Waals surface area contributed by atoms with Crippen molar-refractivity contribution in [2.45, 2.75) is 17.4 Å². The molecule has 0 saturated carbocycles. The zero-order chi connectivity index (χ0) is 16.4. The highest BCUT2D eigenvalue weighted by Gasteiger charge is 2.23. The molecule has 2 aromatic rings. The minimum absolute atomic E-state index is 0.117. The highest BCUT2D eigenvalue weighted by atomic mass is 32.2. The Balaban J connectivity index is 1.73. The maximum Gasteiger partial charge on any atom is 0.319 e. The molecule has 0 aromatic heterocycles. The van der Waals surface area contributed by atoms with Crippen LogP contribution in [0.15, 0.2) is 41.3 Å². The third-order valence-electron chi connectivity index (χ3n) is 3.50. The summed E-state index contributed by atoms with van der Waals surface area (Å²) < 4.78 is 39.8. The molecule has 0 bridgehead atoms. The molecule has 0 spiro atoms. The maximum atomic E-state index is 13.5.